The predicted molar refractivity (Wildman–Crippen MR) is 142 cm³/mol. The van der Waals surface area contributed by atoms with Crippen LogP contribution in [0.5, 0.6) is 0 Å². The number of hydrogen-bond donors (Lipinski definition) is 5. The quantitative estimate of drug-likeness (QED) is 0.0924. The Morgan fingerprint density at radius 3 is 2.10 bits per heavy atom. The fraction of sp³-hybridized carbons (Fsp3) is 0.524. The van der Waals surface area contributed by atoms with E-state index in [1.54, 1.807) is 0 Å². The number of H-pyrrole nitrogens is 1. The second-order valence-electron chi connectivity index (χ2n) is 10.3. The number of nitrogens with two attached hydrogens (primary N) is 1. The number of carbonyl (C=O) groups is 1. The number of primary amides is 1. The third kappa shape index (κ3) is 12.6. The third-order valence-corrected chi connectivity index (χ3v) is 10.1. The summed E-state index contributed by atoms with van der Waals surface area (Å²) in [6.07, 6.45) is -7.80. The van der Waals surface area contributed by atoms with Crippen molar-refractivity contribution >= 4 is 40.5 Å². The van der Waals surface area contributed by atoms with Crippen LogP contribution in [0.15, 0.2) is 41.5 Å². The van der Waals surface area contributed by atoms with Crippen LogP contribution in [0.3, 0.4) is 0 Å². The van der Waals surface area contributed by atoms with Crippen molar-refractivity contribution < 1.29 is 199 Å². The van der Waals surface area contributed by atoms with Gasteiger partial charge >= 0.3 is 118 Å². The molecule has 0 saturated carbocycles. The maximum Gasteiger partial charge on any atom is 1.00 e. The van der Waals surface area contributed by atoms with Crippen molar-refractivity contribution in [1.82, 2.24) is 24.4 Å². The summed E-state index contributed by atoms with van der Waals surface area (Å²) in [6, 6.07) is 0. The number of fused-ring (bicyclic) bond motifs is 1. The number of rotatable bonds is 13. The van der Waals surface area contributed by atoms with Crippen molar-refractivity contribution in [2.24, 2.45) is 5.73 Å². The molecule has 5 heterocycles. The van der Waals surface area contributed by atoms with Gasteiger partial charge in [-0.25, -0.2) is 14.3 Å². The number of imidazole rings is 1. The zero-order chi connectivity index (χ0) is 35.2. The van der Waals surface area contributed by atoms with Crippen LogP contribution in [0.1, 0.15) is 12.6 Å². The summed E-state index contributed by atoms with van der Waals surface area (Å²) in [7, 11) is -17.5. The predicted octanol–water partition coefficient (Wildman–Crippen LogP) is -17.4. The van der Waals surface area contributed by atoms with Gasteiger partial charge < -0.3 is 78.1 Å². The summed E-state index contributed by atoms with van der Waals surface area (Å²) in [4.78, 5) is 82.0. The van der Waals surface area contributed by atoms with Gasteiger partial charge in [0.2, 0.25) is 5.91 Å². The Morgan fingerprint density at radius 1 is 0.942 bits per heavy atom. The van der Waals surface area contributed by atoms with Crippen molar-refractivity contribution in [2.75, 3.05) is 13.2 Å². The van der Waals surface area contributed by atoms with Crippen LogP contribution in [-0.2, 0) is 45.8 Å². The number of aromatic nitrogens is 4. The first-order valence-corrected chi connectivity index (χ1v) is 17.8. The van der Waals surface area contributed by atoms with Gasteiger partial charge in [0.15, 0.2) is 23.6 Å². The Morgan fingerprint density at radius 2 is 1.52 bits per heavy atom. The van der Waals surface area contributed by atoms with E-state index in [1.807, 2.05) is 0 Å². The number of ether oxygens (including phenoxy) is 2. The number of allylic oxidation sites excluding steroid dienone is 1. The number of nitrogens with one attached hydrogen (secondary N) is 1. The Labute approximate surface area is 381 Å². The molecule has 31 heteroatoms. The smallest absolute Gasteiger partial charge is 0.790 e. The zero-order valence-electron chi connectivity index (χ0n) is 27.8. The maximum atomic E-state index is 12.4. The van der Waals surface area contributed by atoms with Gasteiger partial charge in [0.25, 0.3) is 21.2 Å². The number of aromatic amines is 1. The first kappa shape index (κ1) is 51.3. The van der Waals surface area contributed by atoms with Crippen molar-refractivity contribution in [1.29, 1.82) is 0 Å². The van der Waals surface area contributed by atoms with E-state index in [-0.39, 0.29) is 141 Å². The van der Waals surface area contributed by atoms with E-state index >= 15 is 0 Å². The molecule has 24 nitrogen and oxygen atoms in total. The molecule has 3 aliphatic rings. The molecule has 5 rings (SSSR count). The second-order valence-corrected chi connectivity index (χ2v) is 14.4. The standard InChI is InChI=1S/C21H29N6O18P3.4Na/c22-17(31)9-2-1-3-26(4-9)20-15(30)13(28)10(42-20)5-40-47(36,37)45-48(38,39)41-6-11-14(29)16(44-46(33,34)35)21(43-11)27-8-25-12-18(27)23-7-24-19(12)32;;;;/h1,3-4,7-8,10-11,13-16,20-21,28-30H,2,5-6H2,(H2,22,31)(H,36,37)(H,38,39)(H,23,24,32)(H2,33,34,35);;;;/q;4*+1/p-4. The molecule has 2 aromatic rings. The van der Waals surface area contributed by atoms with Gasteiger partial charge in [-0.3, -0.25) is 23.3 Å². The molecule has 1 amide bonds. The Kier molecular flexibility index (Phi) is 20.5. The zero-order valence-corrected chi connectivity index (χ0v) is 38.5. The van der Waals surface area contributed by atoms with E-state index < -0.39 is 97.2 Å². The first-order chi connectivity index (χ1) is 22.4. The van der Waals surface area contributed by atoms with Crippen molar-refractivity contribution in [3.8, 4) is 0 Å². The summed E-state index contributed by atoms with van der Waals surface area (Å²) >= 11 is 0. The van der Waals surface area contributed by atoms with E-state index in [2.05, 4.69) is 32.8 Å². The van der Waals surface area contributed by atoms with E-state index in [0.29, 0.717) is 0 Å². The number of nitrogens with zero attached hydrogens (tertiary/aromatic N) is 4. The second kappa shape index (κ2) is 20.8. The van der Waals surface area contributed by atoms with Crippen molar-refractivity contribution in [2.45, 2.75) is 55.5 Å². The molecule has 10 unspecified atom stereocenters. The van der Waals surface area contributed by atoms with E-state index in [4.69, 9.17) is 15.2 Å². The van der Waals surface area contributed by atoms with E-state index in [9.17, 15) is 58.2 Å². The van der Waals surface area contributed by atoms with Gasteiger partial charge in [-0.05, 0) is 6.42 Å². The minimum Gasteiger partial charge on any atom is -0.790 e. The molecule has 0 spiro atoms. The van der Waals surface area contributed by atoms with Gasteiger partial charge in [-0.15, -0.1) is 0 Å². The Bertz CT molecular complexity index is 1810. The molecule has 52 heavy (non-hydrogen) atoms. The molecule has 2 saturated heterocycles. The van der Waals surface area contributed by atoms with Gasteiger partial charge in [0.1, 0.15) is 36.6 Å². The maximum absolute atomic E-state index is 12.4. The van der Waals surface area contributed by atoms with Gasteiger partial charge in [-0.1, -0.05) is 6.08 Å². The van der Waals surface area contributed by atoms with Crippen LogP contribution >= 0.6 is 23.5 Å². The Hall–Kier alpha value is 1.27. The summed E-state index contributed by atoms with van der Waals surface area (Å²) < 4.78 is 65.3. The molecule has 6 N–H and O–H groups in total. The summed E-state index contributed by atoms with van der Waals surface area (Å²) in [5.41, 5.74) is 4.19. The molecular formula is C21H25N6Na4O18P3. The number of aliphatic hydroxyl groups is 3. The number of amides is 1. The average molecular weight is 834 g/mol. The summed E-state index contributed by atoms with van der Waals surface area (Å²) in [6.45, 7) is -2.30. The molecule has 10 atom stereocenters. The molecule has 266 valence electrons. The largest absolute Gasteiger partial charge is 1.00 e. The molecule has 2 fully saturated rings. The van der Waals surface area contributed by atoms with Crippen LogP contribution in [0.4, 0.5) is 0 Å². The van der Waals surface area contributed by atoms with Gasteiger partial charge in [-0.2, -0.15) is 0 Å². The molecule has 0 aliphatic carbocycles. The van der Waals surface area contributed by atoms with Crippen LogP contribution < -0.4 is 149 Å². The SMILES string of the molecule is NC(=O)C1=CN(C2OC(COP(=O)([O-])OP(=O)([O-])OCC3OC(n4cnc5c(=O)[nH]cnc54)C(OP(=O)([O-])[O-])C3O)C(O)C2O)C=CC1.[Na+].[Na+].[Na+].[Na+]. The fourth-order valence-electron chi connectivity index (χ4n) is 4.90. The van der Waals surface area contributed by atoms with Crippen molar-refractivity contribution in [3.05, 3.63) is 47.1 Å². The molecule has 0 bridgehead atoms. The van der Waals surface area contributed by atoms with Crippen LogP contribution in [0, 0.1) is 0 Å². The number of hydrogen-bond acceptors (Lipinski definition) is 21. The number of phosphoric ester groups is 3. The topological polar surface area (TPSA) is 369 Å². The minimum absolute atomic E-state index is 0. The van der Waals surface area contributed by atoms with Crippen molar-refractivity contribution in [3.63, 3.8) is 0 Å². The summed E-state index contributed by atoms with van der Waals surface area (Å²) in [5.74, 6) is -0.759. The van der Waals surface area contributed by atoms with Crippen LogP contribution in [-0.4, -0.2) is 102 Å². The monoisotopic (exact) mass is 834 g/mol. The van der Waals surface area contributed by atoms with Crippen LogP contribution in [0.2, 0.25) is 0 Å². The molecule has 0 aromatic carbocycles. The average Bonchev–Trinajstić information content (AvgIpc) is 3.64. The third-order valence-electron chi connectivity index (χ3n) is 7.06. The van der Waals surface area contributed by atoms with E-state index in [0.717, 1.165) is 17.2 Å². The summed E-state index contributed by atoms with van der Waals surface area (Å²) in [5, 5.41) is 31.3. The Balaban J connectivity index is 0.00000338. The first-order valence-electron chi connectivity index (χ1n) is 13.4. The fourth-order valence-corrected chi connectivity index (χ4v) is 7.45. The van der Waals surface area contributed by atoms with Gasteiger partial charge in [0, 0.05) is 18.0 Å². The number of phosphoric acid groups is 3. The van der Waals surface area contributed by atoms with E-state index in [1.165, 1.54) is 23.4 Å². The minimum atomic E-state index is -5.88. The van der Waals surface area contributed by atoms with Gasteiger partial charge in [0.05, 0.1) is 33.7 Å². The normalized spacial score (nSPS) is 29.4. The number of aliphatic hydroxyl groups excluding tert-OH is 3. The van der Waals surface area contributed by atoms with Crippen LogP contribution in [0.25, 0.3) is 11.2 Å². The molecular weight excluding hydrogens is 809 g/mol. The molecule has 3 aliphatic heterocycles. The molecule has 2 aromatic heterocycles. The molecule has 0 radical (unpaired) electrons. The number of carbonyl (C=O) groups excluding carboxylic acids is 1.